The van der Waals surface area contributed by atoms with Crippen LogP contribution in [0.1, 0.15) is 28.9 Å². The predicted molar refractivity (Wildman–Crippen MR) is 80.8 cm³/mol. The molecule has 3 N–H and O–H groups in total. The van der Waals surface area contributed by atoms with E-state index in [1.807, 2.05) is 0 Å². The lowest BCUT2D eigenvalue weighted by Crippen LogP contribution is -2.28. The average Bonchev–Trinajstić information content (AvgIpc) is 2.41. The zero-order valence-electron chi connectivity index (χ0n) is 10.9. The zero-order valence-corrected chi connectivity index (χ0v) is 12.4. The Balaban J connectivity index is 2.20. The van der Waals surface area contributed by atoms with E-state index in [1.165, 1.54) is 6.07 Å². The van der Waals surface area contributed by atoms with Gasteiger partial charge in [0, 0.05) is 15.7 Å². The van der Waals surface area contributed by atoms with Gasteiger partial charge in [0.15, 0.2) is 0 Å². The highest BCUT2D eigenvalue weighted by Crippen LogP contribution is 2.21. The van der Waals surface area contributed by atoms with E-state index in [4.69, 9.17) is 5.73 Å². The second-order valence-electron chi connectivity index (χ2n) is 4.45. The van der Waals surface area contributed by atoms with Crippen molar-refractivity contribution in [2.75, 3.05) is 5.73 Å². The van der Waals surface area contributed by atoms with Crippen LogP contribution in [-0.4, -0.2) is 5.91 Å². The minimum Gasteiger partial charge on any atom is -0.398 e. The molecule has 1 atom stereocenters. The molecule has 0 fully saturated rings. The van der Waals surface area contributed by atoms with Gasteiger partial charge in [-0.05, 0) is 31.2 Å². The number of carbonyl (C=O) groups excluding carboxylic acids is 1. The molecule has 3 nitrogen and oxygen atoms in total. The predicted octanol–water partition coefficient (Wildman–Crippen LogP) is 3.66. The number of nitrogens with two attached hydrogens (primary N) is 1. The third-order valence-corrected chi connectivity index (χ3v) is 3.47. The lowest BCUT2D eigenvalue weighted by Gasteiger charge is -2.16. The molecule has 0 aliphatic carbocycles. The van der Waals surface area contributed by atoms with Crippen molar-refractivity contribution in [2.45, 2.75) is 13.0 Å². The summed E-state index contributed by atoms with van der Waals surface area (Å²) in [5.41, 5.74) is 6.96. The van der Waals surface area contributed by atoms with E-state index in [-0.39, 0.29) is 11.7 Å². The van der Waals surface area contributed by atoms with Crippen LogP contribution in [0.4, 0.5) is 10.1 Å². The molecule has 0 spiro atoms. The molecular weight excluding hydrogens is 323 g/mol. The summed E-state index contributed by atoms with van der Waals surface area (Å²) in [7, 11) is 0. The van der Waals surface area contributed by atoms with Crippen LogP contribution in [0.5, 0.6) is 0 Å². The first-order valence-corrected chi connectivity index (χ1v) is 6.88. The second-order valence-corrected chi connectivity index (χ2v) is 5.36. The zero-order chi connectivity index (χ0) is 14.7. The molecular formula is C15H14BrFN2O. The smallest absolute Gasteiger partial charge is 0.253 e. The van der Waals surface area contributed by atoms with Crippen molar-refractivity contribution in [1.29, 1.82) is 0 Å². The molecule has 2 aromatic rings. The number of amides is 1. The molecule has 0 aliphatic rings. The highest BCUT2D eigenvalue weighted by atomic mass is 79.9. The van der Waals surface area contributed by atoms with Crippen molar-refractivity contribution < 1.29 is 9.18 Å². The van der Waals surface area contributed by atoms with Crippen LogP contribution >= 0.6 is 15.9 Å². The van der Waals surface area contributed by atoms with Crippen LogP contribution in [0.3, 0.4) is 0 Å². The summed E-state index contributed by atoms with van der Waals surface area (Å²) in [6.07, 6.45) is 0. The van der Waals surface area contributed by atoms with Crippen molar-refractivity contribution in [1.82, 2.24) is 5.32 Å². The first-order chi connectivity index (χ1) is 9.49. The molecule has 2 rings (SSSR count). The van der Waals surface area contributed by atoms with E-state index in [0.717, 1.165) is 4.47 Å². The number of benzene rings is 2. The van der Waals surface area contributed by atoms with Gasteiger partial charge >= 0.3 is 0 Å². The van der Waals surface area contributed by atoms with Crippen LogP contribution in [0.15, 0.2) is 46.9 Å². The maximum absolute atomic E-state index is 13.7. The summed E-state index contributed by atoms with van der Waals surface area (Å²) in [5.74, 6) is -0.679. The number of hydrogen-bond acceptors (Lipinski definition) is 2. The number of anilines is 1. The molecule has 104 valence electrons. The molecule has 20 heavy (non-hydrogen) atoms. The van der Waals surface area contributed by atoms with Crippen LogP contribution in [-0.2, 0) is 0 Å². The Morgan fingerprint density at radius 1 is 1.30 bits per heavy atom. The molecule has 0 radical (unpaired) electrons. The quantitative estimate of drug-likeness (QED) is 0.840. The largest absolute Gasteiger partial charge is 0.398 e. The minimum absolute atomic E-state index is 0.334. The van der Waals surface area contributed by atoms with Crippen LogP contribution in [0.2, 0.25) is 0 Å². The van der Waals surface area contributed by atoms with Gasteiger partial charge in [-0.3, -0.25) is 4.79 Å². The summed E-state index contributed by atoms with van der Waals surface area (Å²) in [6.45, 7) is 1.73. The van der Waals surface area contributed by atoms with Gasteiger partial charge in [-0.2, -0.15) is 0 Å². The number of halogens is 2. The fourth-order valence-electron chi connectivity index (χ4n) is 1.90. The van der Waals surface area contributed by atoms with E-state index in [0.29, 0.717) is 16.8 Å². The van der Waals surface area contributed by atoms with Gasteiger partial charge in [-0.25, -0.2) is 4.39 Å². The summed E-state index contributed by atoms with van der Waals surface area (Å²) in [6, 6.07) is 10.9. The summed E-state index contributed by atoms with van der Waals surface area (Å²) >= 11 is 3.29. The molecule has 1 amide bonds. The van der Waals surface area contributed by atoms with E-state index in [1.54, 1.807) is 43.3 Å². The normalized spacial score (nSPS) is 11.9. The maximum Gasteiger partial charge on any atom is 0.253 e. The third-order valence-electron chi connectivity index (χ3n) is 2.98. The monoisotopic (exact) mass is 336 g/mol. The lowest BCUT2D eigenvalue weighted by atomic mass is 10.1. The van der Waals surface area contributed by atoms with Crippen molar-refractivity contribution in [2.24, 2.45) is 0 Å². The SMILES string of the molecule is CC(NC(=O)c1cc(Br)ccc1N)c1ccccc1F. The Kier molecular flexibility index (Phi) is 4.39. The van der Waals surface area contributed by atoms with Crippen LogP contribution in [0, 0.1) is 5.82 Å². The van der Waals surface area contributed by atoms with Crippen LogP contribution in [0.25, 0.3) is 0 Å². The fraction of sp³-hybridized carbons (Fsp3) is 0.133. The van der Waals surface area contributed by atoms with Gasteiger partial charge in [0.1, 0.15) is 5.82 Å². The maximum atomic E-state index is 13.7. The molecule has 0 saturated carbocycles. The van der Waals surface area contributed by atoms with Gasteiger partial charge in [-0.1, -0.05) is 34.1 Å². The number of rotatable bonds is 3. The van der Waals surface area contributed by atoms with Gasteiger partial charge in [0.05, 0.1) is 11.6 Å². The number of hydrogen-bond donors (Lipinski definition) is 2. The lowest BCUT2D eigenvalue weighted by molar-refractivity contribution is 0.0940. The highest BCUT2D eigenvalue weighted by Gasteiger charge is 2.16. The Morgan fingerprint density at radius 2 is 2.00 bits per heavy atom. The summed E-state index contributed by atoms with van der Waals surface area (Å²) in [4.78, 5) is 12.2. The van der Waals surface area contributed by atoms with Crippen molar-refractivity contribution >= 4 is 27.5 Å². The molecule has 2 aromatic carbocycles. The van der Waals surface area contributed by atoms with E-state index < -0.39 is 6.04 Å². The molecule has 5 heteroatoms. The number of carbonyl (C=O) groups is 1. The van der Waals surface area contributed by atoms with Crippen molar-refractivity contribution in [3.8, 4) is 0 Å². The summed E-state index contributed by atoms with van der Waals surface area (Å²) < 4.78 is 14.4. The Morgan fingerprint density at radius 3 is 2.70 bits per heavy atom. The summed E-state index contributed by atoms with van der Waals surface area (Å²) in [5, 5.41) is 2.74. The number of nitrogens with one attached hydrogen (secondary N) is 1. The van der Waals surface area contributed by atoms with Crippen molar-refractivity contribution in [3.05, 3.63) is 63.9 Å². The first kappa shape index (κ1) is 14.5. The van der Waals surface area contributed by atoms with Gasteiger partial charge < -0.3 is 11.1 Å². The Labute approximate surface area is 125 Å². The molecule has 1 unspecified atom stereocenters. The molecule has 0 saturated heterocycles. The van der Waals surface area contributed by atoms with E-state index >= 15 is 0 Å². The van der Waals surface area contributed by atoms with Gasteiger partial charge in [0.25, 0.3) is 5.91 Å². The fourth-order valence-corrected chi connectivity index (χ4v) is 2.26. The highest BCUT2D eigenvalue weighted by molar-refractivity contribution is 9.10. The Bertz CT molecular complexity index is 646. The third kappa shape index (κ3) is 3.17. The molecule has 0 heterocycles. The first-order valence-electron chi connectivity index (χ1n) is 6.09. The van der Waals surface area contributed by atoms with Crippen molar-refractivity contribution in [3.63, 3.8) is 0 Å². The topological polar surface area (TPSA) is 55.1 Å². The van der Waals surface area contributed by atoms with Crippen LogP contribution < -0.4 is 11.1 Å². The number of nitrogen functional groups attached to an aromatic ring is 1. The second kappa shape index (κ2) is 6.05. The molecule has 0 aliphatic heterocycles. The standard InChI is InChI=1S/C15H14BrFN2O/c1-9(11-4-2-3-5-13(11)17)19-15(20)12-8-10(16)6-7-14(12)18/h2-9H,18H2,1H3,(H,19,20). The minimum atomic E-state index is -0.443. The molecule has 0 aromatic heterocycles. The molecule has 0 bridgehead atoms. The van der Waals surface area contributed by atoms with E-state index in [9.17, 15) is 9.18 Å². The van der Waals surface area contributed by atoms with Gasteiger partial charge in [0.2, 0.25) is 0 Å². The van der Waals surface area contributed by atoms with Gasteiger partial charge in [-0.15, -0.1) is 0 Å². The Hall–Kier alpha value is -1.88. The van der Waals surface area contributed by atoms with E-state index in [2.05, 4.69) is 21.2 Å². The average molecular weight is 337 g/mol.